The number of ether oxygens (including phenoxy) is 1. The molecule has 5 aliphatic heterocycles. The van der Waals surface area contributed by atoms with Crippen molar-refractivity contribution in [2.75, 3.05) is 44.7 Å². The van der Waals surface area contributed by atoms with Gasteiger partial charge in [0.1, 0.15) is 24.2 Å². The molecule has 0 saturated carbocycles. The summed E-state index contributed by atoms with van der Waals surface area (Å²) in [6.07, 6.45) is 4.27. The molecule has 2 saturated heterocycles. The lowest BCUT2D eigenvalue weighted by molar-refractivity contribution is -0.137. The van der Waals surface area contributed by atoms with Gasteiger partial charge >= 0.3 is 0 Å². The normalized spacial score (nSPS) is 20.0. The summed E-state index contributed by atoms with van der Waals surface area (Å²) < 4.78 is 35.3. The average molecular weight is 876 g/mol. The lowest BCUT2D eigenvalue weighted by atomic mass is 9.91. The van der Waals surface area contributed by atoms with Gasteiger partial charge in [0.05, 0.1) is 13.1 Å². The number of halogens is 2. The first-order chi connectivity index (χ1) is 30.9. The van der Waals surface area contributed by atoms with E-state index < -0.39 is 18.4 Å². The van der Waals surface area contributed by atoms with Gasteiger partial charge in [-0.3, -0.25) is 39.8 Å². The van der Waals surface area contributed by atoms with Gasteiger partial charge in [0.25, 0.3) is 12.3 Å². The van der Waals surface area contributed by atoms with Gasteiger partial charge in [0.2, 0.25) is 17.7 Å². The van der Waals surface area contributed by atoms with Crippen molar-refractivity contribution in [3.05, 3.63) is 111 Å². The fraction of sp³-hybridized carbons (Fsp3) is 0.417. The highest BCUT2D eigenvalue weighted by atomic mass is 19.3. The van der Waals surface area contributed by atoms with Crippen molar-refractivity contribution < 1.29 is 32.7 Å². The number of carbonyl (C=O) groups excluding carboxylic acids is 4. The van der Waals surface area contributed by atoms with Crippen molar-refractivity contribution in [3.8, 4) is 5.75 Å². The number of carbonyl (C=O) groups is 4. The number of hydrogen-bond acceptors (Lipinski definition) is 10. The molecule has 5 heterocycles. The molecule has 1 unspecified atom stereocenters. The zero-order chi connectivity index (χ0) is 45.1. The molecule has 64 heavy (non-hydrogen) atoms. The van der Waals surface area contributed by atoms with E-state index in [0.717, 1.165) is 61.3 Å². The Hall–Kier alpha value is -6.42. The van der Waals surface area contributed by atoms with E-state index in [-0.39, 0.29) is 54.7 Å². The number of aliphatic imine (C=N–C) groups is 1. The largest absolute Gasteiger partial charge is 0.489 e. The summed E-state index contributed by atoms with van der Waals surface area (Å²) in [5.41, 5.74) is 12.9. The SMILES string of the molecule is CN=CC(=CN)c1cc2c(cc1C(F)F)N(C(=N)C1=C(NC3CCN(Cc4ccc(COc5cccc6c5CN(C5CCC(=O)NC5=O)C6=O)cc4)CC3)CCN(C(C)=O)C1)CCC2. The summed E-state index contributed by atoms with van der Waals surface area (Å²) in [4.78, 5) is 61.5. The van der Waals surface area contributed by atoms with Crippen molar-refractivity contribution >= 4 is 46.9 Å². The smallest absolute Gasteiger partial charge is 0.264 e. The van der Waals surface area contributed by atoms with Gasteiger partial charge in [-0.2, -0.15) is 0 Å². The number of nitrogens with one attached hydrogen (secondary N) is 3. The van der Waals surface area contributed by atoms with Crippen LogP contribution >= 0.6 is 0 Å². The molecule has 336 valence electrons. The van der Waals surface area contributed by atoms with Crippen LogP contribution in [0.4, 0.5) is 14.5 Å². The van der Waals surface area contributed by atoms with E-state index in [1.54, 1.807) is 30.1 Å². The maximum absolute atomic E-state index is 14.6. The first kappa shape index (κ1) is 44.2. The van der Waals surface area contributed by atoms with Crippen molar-refractivity contribution in [1.29, 1.82) is 5.41 Å². The number of nitrogens with zero attached hydrogens (tertiary/aromatic N) is 5. The van der Waals surface area contributed by atoms with Gasteiger partial charge in [-0.15, -0.1) is 0 Å². The first-order valence-electron chi connectivity index (χ1n) is 22.0. The van der Waals surface area contributed by atoms with Crippen LogP contribution in [0.2, 0.25) is 0 Å². The van der Waals surface area contributed by atoms with Crippen molar-refractivity contribution in [1.82, 2.24) is 25.3 Å². The van der Waals surface area contributed by atoms with Crippen LogP contribution in [0.15, 0.2) is 77.1 Å². The predicted octanol–water partition coefficient (Wildman–Crippen LogP) is 5.45. The number of amidine groups is 1. The Morgan fingerprint density at radius 2 is 1.77 bits per heavy atom. The van der Waals surface area contributed by atoms with E-state index in [2.05, 4.69) is 32.7 Å². The third-order valence-electron chi connectivity index (χ3n) is 13.0. The van der Waals surface area contributed by atoms with E-state index in [4.69, 9.17) is 10.5 Å². The zero-order valence-electron chi connectivity index (χ0n) is 36.3. The third kappa shape index (κ3) is 9.28. The summed E-state index contributed by atoms with van der Waals surface area (Å²) in [5.74, 6) is -0.260. The summed E-state index contributed by atoms with van der Waals surface area (Å²) in [5, 5.41) is 15.7. The Bertz CT molecular complexity index is 2430. The number of nitrogens with two attached hydrogens (primary N) is 1. The highest BCUT2D eigenvalue weighted by molar-refractivity contribution is 6.12. The number of benzene rings is 3. The molecule has 0 aromatic heterocycles. The maximum Gasteiger partial charge on any atom is 0.264 e. The number of amides is 4. The Morgan fingerprint density at radius 1 is 1.00 bits per heavy atom. The molecular weight excluding hydrogens is 821 g/mol. The van der Waals surface area contributed by atoms with Crippen LogP contribution in [0.3, 0.4) is 0 Å². The Labute approximate surface area is 371 Å². The molecule has 14 nitrogen and oxygen atoms in total. The Morgan fingerprint density at radius 3 is 2.47 bits per heavy atom. The van der Waals surface area contributed by atoms with Gasteiger partial charge in [-0.25, -0.2) is 8.78 Å². The molecule has 16 heteroatoms. The minimum absolute atomic E-state index is 0.0716. The van der Waals surface area contributed by atoms with Crippen LogP contribution in [0.5, 0.6) is 5.75 Å². The number of allylic oxidation sites excluding steroid dienone is 1. The molecular formula is C48H55F2N9O5. The van der Waals surface area contributed by atoms with Gasteiger partial charge in [-0.05, 0) is 78.6 Å². The monoisotopic (exact) mass is 875 g/mol. The maximum atomic E-state index is 14.6. The molecule has 0 aliphatic carbocycles. The number of likely N-dealkylation sites (tertiary alicyclic amines) is 1. The van der Waals surface area contributed by atoms with E-state index in [9.17, 15) is 33.4 Å². The molecule has 1 atom stereocenters. The average Bonchev–Trinajstić information content (AvgIpc) is 3.63. The van der Waals surface area contributed by atoms with Crippen LogP contribution in [-0.2, 0) is 40.5 Å². The highest BCUT2D eigenvalue weighted by Crippen LogP contribution is 2.38. The fourth-order valence-corrected chi connectivity index (χ4v) is 9.56. The molecule has 0 radical (unpaired) electrons. The summed E-state index contributed by atoms with van der Waals surface area (Å²) in [7, 11) is 1.57. The minimum atomic E-state index is -2.76. The summed E-state index contributed by atoms with van der Waals surface area (Å²) >= 11 is 0. The molecule has 3 aromatic carbocycles. The van der Waals surface area contributed by atoms with Gasteiger partial charge < -0.3 is 30.5 Å². The van der Waals surface area contributed by atoms with Crippen LogP contribution in [-0.4, -0.2) is 102 Å². The number of fused-ring (bicyclic) bond motifs is 2. The molecule has 5 aliphatic rings. The number of imide groups is 1. The van der Waals surface area contributed by atoms with Crippen molar-refractivity contribution in [3.63, 3.8) is 0 Å². The Kier molecular flexibility index (Phi) is 13.2. The number of aryl methyl sites for hydroxylation is 1. The molecule has 0 spiro atoms. The lowest BCUT2D eigenvalue weighted by Crippen LogP contribution is -2.52. The number of anilines is 1. The standard InChI is InChI=1S/C48H55F2N9O5/c1-29(60)57-20-16-40(39(26-57)46(52)58-17-4-5-32-21-36(33(23-51)24-53-2)37(45(49)50)22-42(32)58)54-34-14-18-56(19-15-34)25-30-8-10-31(11-9-30)28-64-43-7-3-6-35-38(43)27-59(48(35)63)41-12-13-44(61)55-47(41)62/h3,6-11,21-24,34,41,45,52,54H,4-5,12-20,25-28,51H2,1-2H3,(H,55,61,62). The molecule has 5 N–H and O–H groups in total. The van der Waals surface area contributed by atoms with Crippen LogP contribution in [0, 0.1) is 5.41 Å². The summed E-state index contributed by atoms with van der Waals surface area (Å²) in [6, 6.07) is 16.4. The molecule has 4 amide bonds. The third-order valence-corrected chi connectivity index (χ3v) is 13.0. The molecule has 8 rings (SSSR count). The topological polar surface area (TPSA) is 177 Å². The first-order valence-corrected chi connectivity index (χ1v) is 22.0. The minimum Gasteiger partial charge on any atom is -0.489 e. The molecule has 2 fully saturated rings. The van der Waals surface area contributed by atoms with Crippen molar-refractivity contribution in [2.24, 2.45) is 10.7 Å². The van der Waals surface area contributed by atoms with Gasteiger partial charge in [-0.1, -0.05) is 30.3 Å². The second-order valence-electron chi connectivity index (χ2n) is 17.1. The number of alkyl halides is 2. The summed E-state index contributed by atoms with van der Waals surface area (Å²) in [6.45, 7) is 5.92. The van der Waals surface area contributed by atoms with E-state index >= 15 is 0 Å². The highest BCUT2D eigenvalue weighted by Gasteiger charge is 2.40. The van der Waals surface area contributed by atoms with E-state index in [1.807, 2.05) is 23.1 Å². The van der Waals surface area contributed by atoms with Crippen LogP contribution < -0.4 is 26.0 Å². The Balaban J connectivity index is 0.885. The number of hydrogen-bond donors (Lipinski definition) is 4. The zero-order valence-corrected chi connectivity index (χ0v) is 36.3. The number of rotatable bonds is 12. The van der Waals surface area contributed by atoms with Crippen LogP contribution in [0.1, 0.15) is 95.6 Å². The van der Waals surface area contributed by atoms with E-state index in [1.165, 1.54) is 35.9 Å². The van der Waals surface area contributed by atoms with E-state index in [0.29, 0.717) is 72.7 Å². The quantitative estimate of drug-likeness (QED) is 0.105. The molecule has 0 bridgehead atoms. The lowest BCUT2D eigenvalue weighted by Gasteiger charge is -2.39. The number of piperidine rings is 2. The van der Waals surface area contributed by atoms with Crippen molar-refractivity contribution in [2.45, 2.75) is 90.1 Å². The fourth-order valence-electron chi connectivity index (χ4n) is 9.56. The molecule has 3 aromatic rings. The van der Waals surface area contributed by atoms with Gasteiger partial charge in [0, 0.05) is 117 Å². The van der Waals surface area contributed by atoms with Gasteiger partial charge in [0.15, 0.2) is 0 Å². The van der Waals surface area contributed by atoms with Crippen LogP contribution in [0.25, 0.3) is 5.57 Å². The predicted molar refractivity (Wildman–Crippen MR) is 240 cm³/mol. The second kappa shape index (κ2) is 19.1. The second-order valence-corrected chi connectivity index (χ2v) is 17.1.